The highest BCUT2D eigenvalue weighted by Gasteiger charge is 2.31. The van der Waals surface area contributed by atoms with Crippen LogP contribution < -0.4 is 10.6 Å². The van der Waals surface area contributed by atoms with Crippen LogP contribution in [0.3, 0.4) is 0 Å². The van der Waals surface area contributed by atoms with Crippen LogP contribution >= 0.6 is 0 Å². The van der Waals surface area contributed by atoms with Crippen molar-refractivity contribution in [2.45, 2.75) is 25.4 Å². The zero-order chi connectivity index (χ0) is 11.7. The van der Waals surface area contributed by atoms with Gasteiger partial charge in [-0.3, -0.25) is 0 Å². The van der Waals surface area contributed by atoms with Crippen LogP contribution in [0.5, 0.6) is 0 Å². The molecule has 88 valence electrons. The second-order valence-corrected chi connectivity index (χ2v) is 4.22. The van der Waals surface area contributed by atoms with Crippen molar-refractivity contribution in [1.82, 2.24) is 9.97 Å². The Bertz CT molecular complexity index is 493. The zero-order valence-corrected chi connectivity index (χ0v) is 9.41. The predicted molar refractivity (Wildman–Crippen MR) is 64.4 cm³/mol. The molecule has 0 aliphatic heterocycles. The van der Waals surface area contributed by atoms with Gasteiger partial charge in [-0.15, -0.1) is 0 Å². The van der Waals surface area contributed by atoms with Gasteiger partial charge in [0.1, 0.15) is 11.6 Å². The van der Waals surface area contributed by atoms with Crippen LogP contribution in [0.2, 0.25) is 0 Å². The Morgan fingerprint density at radius 2 is 2.29 bits per heavy atom. The lowest BCUT2D eigenvalue weighted by Crippen LogP contribution is -2.27. The Morgan fingerprint density at radius 1 is 1.41 bits per heavy atom. The average molecular weight is 230 g/mol. The second-order valence-electron chi connectivity index (χ2n) is 4.22. The molecule has 0 amide bonds. The molecule has 17 heavy (non-hydrogen) atoms. The molecule has 1 saturated carbocycles. The van der Waals surface area contributed by atoms with Crippen molar-refractivity contribution < 1.29 is 4.42 Å². The molecule has 0 aromatic carbocycles. The monoisotopic (exact) mass is 230 g/mol. The van der Waals surface area contributed by atoms with Crippen LogP contribution in [-0.4, -0.2) is 16.0 Å². The number of anilines is 2. The fraction of sp³-hybridized carbons (Fsp3) is 0.333. The number of nitrogens with two attached hydrogens (primary N) is 1. The van der Waals surface area contributed by atoms with Gasteiger partial charge in [-0.25, -0.2) is 4.98 Å². The van der Waals surface area contributed by atoms with E-state index < -0.39 is 0 Å². The minimum Gasteiger partial charge on any atom is -0.467 e. The van der Waals surface area contributed by atoms with Crippen LogP contribution in [0, 0.1) is 0 Å². The summed E-state index contributed by atoms with van der Waals surface area (Å²) in [5, 5.41) is 0. The van der Waals surface area contributed by atoms with Crippen molar-refractivity contribution in [2.75, 3.05) is 10.6 Å². The van der Waals surface area contributed by atoms with E-state index in [0.29, 0.717) is 24.4 Å². The van der Waals surface area contributed by atoms with Crippen molar-refractivity contribution in [3.63, 3.8) is 0 Å². The lowest BCUT2D eigenvalue weighted by Gasteiger charge is -2.20. The Hall–Kier alpha value is -2.04. The highest BCUT2D eigenvalue weighted by atomic mass is 16.3. The van der Waals surface area contributed by atoms with Crippen molar-refractivity contribution in [3.8, 4) is 0 Å². The van der Waals surface area contributed by atoms with Gasteiger partial charge in [0, 0.05) is 12.2 Å². The standard InChI is InChI=1S/C12H14N4O/c13-11-5-6-14-12(15-11)16(9-3-4-9)8-10-2-1-7-17-10/h1-2,5-7,9H,3-4,8H2,(H2,13,14,15). The molecule has 2 aromatic rings. The predicted octanol–water partition coefficient (Wildman–Crippen LogP) is 1.82. The molecule has 0 atom stereocenters. The molecule has 0 saturated heterocycles. The van der Waals surface area contributed by atoms with E-state index in [9.17, 15) is 0 Å². The maximum absolute atomic E-state index is 5.69. The molecular formula is C12H14N4O. The summed E-state index contributed by atoms with van der Waals surface area (Å²) in [5.41, 5.74) is 5.69. The summed E-state index contributed by atoms with van der Waals surface area (Å²) in [4.78, 5) is 10.7. The van der Waals surface area contributed by atoms with Crippen molar-refractivity contribution in [3.05, 3.63) is 36.4 Å². The fourth-order valence-electron chi connectivity index (χ4n) is 1.82. The fourth-order valence-corrected chi connectivity index (χ4v) is 1.82. The smallest absolute Gasteiger partial charge is 0.227 e. The molecule has 5 heteroatoms. The van der Waals surface area contributed by atoms with Crippen LogP contribution in [-0.2, 0) is 6.54 Å². The first-order valence-electron chi connectivity index (χ1n) is 5.70. The van der Waals surface area contributed by atoms with E-state index in [4.69, 9.17) is 10.2 Å². The topological polar surface area (TPSA) is 68.2 Å². The van der Waals surface area contributed by atoms with Crippen LogP contribution in [0.25, 0.3) is 0 Å². The maximum atomic E-state index is 5.69. The van der Waals surface area contributed by atoms with E-state index in [0.717, 1.165) is 5.76 Å². The third kappa shape index (κ3) is 2.22. The van der Waals surface area contributed by atoms with E-state index >= 15 is 0 Å². The van der Waals surface area contributed by atoms with Gasteiger partial charge < -0.3 is 15.1 Å². The summed E-state index contributed by atoms with van der Waals surface area (Å²) in [7, 11) is 0. The van der Waals surface area contributed by atoms with Gasteiger partial charge in [0.2, 0.25) is 5.95 Å². The molecule has 2 N–H and O–H groups in total. The van der Waals surface area contributed by atoms with Crippen molar-refractivity contribution >= 4 is 11.8 Å². The van der Waals surface area contributed by atoms with Crippen LogP contribution in [0.15, 0.2) is 35.1 Å². The van der Waals surface area contributed by atoms with Gasteiger partial charge in [-0.05, 0) is 31.0 Å². The Morgan fingerprint density at radius 3 is 2.94 bits per heavy atom. The maximum Gasteiger partial charge on any atom is 0.227 e. The van der Waals surface area contributed by atoms with E-state index in [1.54, 1.807) is 18.5 Å². The van der Waals surface area contributed by atoms with Gasteiger partial charge in [-0.2, -0.15) is 4.98 Å². The van der Waals surface area contributed by atoms with Gasteiger partial charge >= 0.3 is 0 Å². The summed E-state index contributed by atoms with van der Waals surface area (Å²) in [6, 6.07) is 6.06. The SMILES string of the molecule is Nc1ccnc(N(Cc2ccco2)C2CC2)n1. The summed E-state index contributed by atoms with van der Waals surface area (Å²) in [5.74, 6) is 2.10. The molecule has 0 spiro atoms. The first-order valence-corrected chi connectivity index (χ1v) is 5.70. The van der Waals surface area contributed by atoms with E-state index in [1.165, 1.54) is 12.8 Å². The Labute approximate surface area is 99.3 Å². The van der Waals surface area contributed by atoms with Gasteiger partial charge in [0.05, 0.1) is 12.8 Å². The second kappa shape index (κ2) is 4.08. The summed E-state index contributed by atoms with van der Waals surface area (Å²) in [6.07, 6.45) is 5.73. The zero-order valence-electron chi connectivity index (χ0n) is 9.41. The summed E-state index contributed by atoms with van der Waals surface area (Å²) >= 11 is 0. The average Bonchev–Trinajstić information content (AvgIpc) is 3.03. The van der Waals surface area contributed by atoms with Gasteiger partial charge in [-0.1, -0.05) is 0 Å². The number of aromatic nitrogens is 2. The molecule has 0 bridgehead atoms. The summed E-state index contributed by atoms with van der Waals surface area (Å²) < 4.78 is 5.37. The molecule has 1 aliphatic rings. The first-order chi connectivity index (χ1) is 8.33. The lowest BCUT2D eigenvalue weighted by molar-refractivity contribution is 0.499. The van der Waals surface area contributed by atoms with E-state index in [-0.39, 0.29) is 0 Å². The number of rotatable bonds is 4. The molecule has 0 radical (unpaired) electrons. The number of hydrogen-bond acceptors (Lipinski definition) is 5. The van der Waals surface area contributed by atoms with Crippen LogP contribution in [0.4, 0.5) is 11.8 Å². The third-order valence-electron chi connectivity index (χ3n) is 2.82. The lowest BCUT2D eigenvalue weighted by atomic mass is 10.4. The first kappa shape index (κ1) is 10.1. The molecule has 2 heterocycles. The molecule has 5 nitrogen and oxygen atoms in total. The summed E-state index contributed by atoms with van der Waals surface area (Å²) in [6.45, 7) is 0.696. The molecule has 0 unspecified atom stereocenters. The number of furan rings is 1. The highest BCUT2D eigenvalue weighted by Crippen LogP contribution is 2.31. The molecule has 3 rings (SSSR count). The van der Waals surface area contributed by atoms with E-state index in [2.05, 4.69) is 14.9 Å². The van der Waals surface area contributed by atoms with Crippen molar-refractivity contribution in [1.29, 1.82) is 0 Å². The van der Waals surface area contributed by atoms with E-state index in [1.807, 2.05) is 12.1 Å². The van der Waals surface area contributed by atoms with Crippen molar-refractivity contribution in [2.24, 2.45) is 0 Å². The molecule has 1 fully saturated rings. The third-order valence-corrected chi connectivity index (χ3v) is 2.82. The Balaban J connectivity index is 1.85. The van der Waals surface area contributed by atoms with Gasteiger partial charge in [0.15, 0.2) is 0 Å². The number of hydrogen-bond donors (Lipinski definition) is 1. The molecule has 1 aliphatic carbocycles. The molecule has 2 aromatic heterocycles. The normalized spacial score (nSPS) is 14.8. The Kier molecular flexibility index (Phi) is 2.44. The molecular weight excluding hydrogens is 216 g/mol. The number of nitrogen functional groups attached to an aromatic ring is 1. The number of nitrogens with zero attached hydrogens (tertiary/aromatic N) is 3. The van der Waals surface area contributed by atoms with Crippen LogP contribution in [0.1, 0.15) is 18.6 Å². The minimum atomic E-state index is 0.500. The highest BCUT2D eigenvalue weighted by molar-refractivity contribution is 5.40. The van der Waals surface area contributed by atoms with Gasteiger partial charge in [0.25, 0.3) is 0 Å². The quantitative estimate of drug-likeness (QED) is 0.867. The minimum absolute atomic E-state index is 0.500. The largest absolute Gasteiger partial charge is 0.467 e.